The van der Waals surface area contributed by atoms with Crippen LogP contribution in [0.3, 0.4) is 0 Å². The van der Waals surface area contributed by atoms with Crippen molar-refractivity contribution in [3.05, 3.63) is 34.3 Å². The van der Waals surface area contributed by atoms with Crippen LogP contribution in [0, 0.1) is 5.92 Å². The van der Waals surface area contributed by atoms with Gasteiger partial charge in [-0.2, -0.15) is 0 Å². The van der Waals surface area contributed by atoms with Crippen molar-refractivity contribution in [2.75, 3.05) is 19.6 Å². The second-order valence-electron chi connectivity index (χ2n) is 5.50. The van der Waals surface area contributed by atoms with E-state index in [1.165, 1.54) is 25.1 Å². The molecule has 1 aliphatic rings. The summed E-state index contributed by atoms with van der Waals surface area (Å²) in [6, 6.07) is 9.22. The van der Waals surface area contributed by atoms with Gasteiger partial charge in [-0.05, 0) is 57.0 Å². The fourth-order valence-corrected chi connectivity index (χ4v) is 3.01. The van der Waals surface area contributed by atoms with E-state index in [-0.39, 0.29) is 0 Å². The van der Waals surface area contributed by atoms with Gasteiger partial charge in [0.2, 0.25) is 0 Å². The predicted molar refractivity (Wildman–Crippen MR) is 80.7 cm³/mol. The van der Waals surface area contributed by atoms with E-state index in [4.69, 9.17) is 0 Å². The van der Waals surface area contributed by atoms with Crippen LogP contribution in [0.15, 0.2) is 28.7 Å². The molecule has 0 amide bonds. The Hall–Kier alpha value is -0.380. The second-order valence-corrected chi connectivity index (χ2v) is 6.42. The van der Waals surface area contributed by atoms with E-state index in [1.807, 2.05) is 0 Å². The minimum absolute atomic E-state index is 0.695. The van der Waals surface area contributed by atoms with Gasteiger partial charge in [0.05, 0.1) is 0 Å². The van der Waals surface area contributed by atoms with E-state index in [0.717, 1.165) is 23.5 Å². The molecule has 1 saturated heterocycles. The number of benzene rings is 1. The fraction of sp³-hybridized carbons (Fsp3) is 0.600. The summed E-state index contributed by atoms with van der Waals surface area (Å²) in [6.07, 6.45) is 1.34. The van der Waals surface area contributed by atoms with E-state index in [2.05, 4.69) is 64.3 Å². The summed E-state index contributed by atoms with van der Waals surface area (Å²) < 4.78 is 1.16. The molecule has 3 heteroatoms. The molecule has 0 saturated carbocycles. The van der Waals surface area contributed by atoms with E-state index >= 15 is 0 Å². The molecule has 1 atom stereocenters. The largest absolute Gasteiger partial charge is 0.312 e. The molecule has 1 fully saturated rings. The lowest BCUT2D eigenvalue weighted by atomic mass is 10.1. The highest BCUT2D eigenvalue weighted by Gasteiger charge is 2.23. The summed E-state index contributed by atoms with van der Waals surface area (Å²) in [5.74, 6) is 0.819. The van der Waals surface area contributed by atoms with Crippen LogP contribution in [0.4, 0.5) is 0 Å². The summed E-state index contributed by atoms with van der Waals surface area (Å²) in [4.78, 5) is 2.57. The normalized spacial score (nSPS) is 20.8. The summed E-state index contributed by atoms with van der Waals surface area (Å²) in [7, 11) is 0. The standard InChI is InChI=1S/C15H23BrN2/c1-12(2)18-7-6-14(11-18)10-17-9-13-4-3-5-15(16)8-13/h3-5,8,12,14,17H,6-7,9-11H2,1-2H3. The summed E-state index contributed by atoms with van der Waals surface area (Å²) >= 11 is 3.51. The average Bonchev–Trinajstić information content (AvgIpc) is 2.78. The highest BCUT2D eigenvalue weighted by atomic mass is 79.9. The first kappa shape index (κ1) is 14.0. The molecule has 1 N–H and O–H groups in total. The third kappa shape index (κ3) is 4.08. The first-order valence-corrected chi connectivity index (χ1v) is 7.63. The van der Waals surface area contributed by atoms with Gasteiger partial charge in [0.25, 0.3) is 0 Å². The minimum Gasteiger partial charge on any atom is -0.312 e. The molecule has 0 spiro atoms. The Morgan fingerprint density at radius 1 is 1.44 bits per heavy atom. The molecular formula is C15H23BrN2. The predicted octanol–water partition coefficient (Wildman–Crippen LogP) is 3.27. The van der Waals surface area contributed by atoms with Crippen molar-refractivity contribution in [1.29, 1.82) is 0 Å². The molecule has 18 heavy (non-hydrogen) atoms. The maximum absolute atomic E-state index is 3.58. The lowest BCUT2D eigenvalue weighted by Crippen LogP contribution is -2.30. The van der Waals surface area contributed by atoms with Gasteiger partial charge < -0.3 is 10.2 Å². The number of likely N-dealkylation sites (tertiary alicyclic amines) is 1. The van der Waals surface area contributed by atoms with Crippen molar-refractivity contribution in [3.63, 3.8) is 0 Å². The third-order valence-electron chi connectivity index (χ3n) is 3.70. The smallest absolute Gasteiger partial charge is 0.0206 e. The molecule has 100 valence electrons. The van der Waals surface area contributed by atoms with Crippen LogP contribution in [-0.4, -0.2) is 30.6 Å². The van der Waals surface area contributed by atoms with E-state index in [9.17, 15) is 0 Å². The maximum Gasteiger partial charge on any atom is 0.0206 e. The van der Waals surface area contributed by atoms with E-state index in [1.54, 1.807) is 0 Å². The van der Waals surface area contributed by atoms with Crippen molar-refractivity contribution in [3.8, 4) is 0 Å². The molecular weight excluding hydrogens is 288 g/mol. The zero-order valence-electron chi connectivity index (χ0n) is 11.3. The molecule has 0 radical (unpaired) electrons. The van der Waals surface area contributed by atoms with Gasteiger partial charge in [-0.25, -0.2) is 0 Å². The average molecular weight is 311 g/mol. The molecule has 2 rings (SSSR count). The first-order chi connectivity index (χ1) is 8.65. The van der Waals surface area contributed by atoms with Gasteiger partial charge >= 0.3 is 0 Å². The Morgan fingerprint density at radius 2 is 2.28 bits per heavy atom. The highest BCUT2D eigenvalue weighted by molar-refractivity contribution is 9.10. The molecule has 1 heterocycles. The van der Waals surface area contributed by atoms with Gasteiger partial charge in [-0.15, -0.1) is 0 Å². The van der Waals surface area contributed by atoms with Crippen molar-refractivity contribution in [2.24, 2.45) is 5.92 Å². The Kier molecular flexibility index (Phi) is 5.22. The zero-order chi connectivity index (χ0) is 13.0. The SMILES string of the molecule is CC(C)N1CCC(CNCc2cccc(Br)c2)C1. The monoisotopic (exact) mass is 310 g/mol. The van der Waals surface area contributed by atoms with Crippen LogP contribution in [0.1, 0.15) is 25.8 Å². The summed E-state index contributed by atoms with van der Waals surface area (Å²) in [5, 5.41) is 3.58. The summed E-state index contributed by atoms with van der Waals surface area (Å²) in [5.41, 5.74) is 1.35. The topological polar surface area (TPSA) is 15.3 Å². The number of nitrogens with one attached hydrogen (secondary N) is 1. The summed E-state index contributed by atoms with van der Waals surface area (Å²) in [6.45, 7) is 9.20. The maximum atomic E-state index is 3.58. The van der Waals surface area contributed by atoms with Gasteiger partial charge in [0, 0.05) is 23.6 Å². The molecule has 1 aromatic rings. The lowest BCUT2D eigenvalue weighted by molar-refractivity contribution is 0.264. The van der Waals surface area contributed by atoms with Crippen LogP contribution < -0.4 is 5.32 Å². The molecule has 1 aromatic carbocycles. The van der Waals surface area contributed by atoms with Crippen molar-refractivity contribution in [1.82, 2.24) is 10.2 Å². The Labute approximate surface area is 119 Å². The number of halogens is 1. The molecule has 1 aliphatic heterocycles. The number of rotatable bonds is 5. The van der Waals surface area contributed by atoms with Crippen LogP contribution in [0.5, 0.6) is 0 Å². The second kappa shape index (κ2) is 6.69. The number of hydrogen-bond acceptors (Lipinski definition) is 2. The quantitative estimate of drug-likeness (QED) is 0.898. The van der Waals surface area contributed by atoms with Gasteiger partial charge in [0.1, 0.15) is 0 Å². The van der Waals surface area contributed by atoms with Crippen molar-refractivity contribution >= 4 is 15.9 Å². The fourth-order valence-electron chi connectivity index (χ4n) is 2.57. The highest BCUT2D eigenvalue weighted by Crippen LogP contribution is 2.18. The van der Waals surface area contributed by atoms with Crippen molar-refractivity contribution < 1.29 is 0 Å². The van der Waals surface area contributed by atoms with Gasteiger partial charge in [-0.3, -0.25) is 0 Å². The van der Waals surface area contributed by atoms with Gasteiger partial charge in [-0.1, -0.05) is 28.1 Å². The van der Waals surface area contributed by atoms with Gasteiger partial charge in [0.15, 0.2) is 0 Å². The Bertz CT molecular complexity index is 379. The van der Waals surface area contributed by atoms with Crippen molar-refractivity contribution in [2.45, 2.75) is 32.9 Å². The zero-order valence-corrected chi connectivity index (χ0v) is 12.9. The number of hydrogen-bond donors (Lipinski definition) is 1. The Morgan fingerprint density at radius 3 is 2.94 bits per heavy atom. The lowest BCUT2D eigenvalue weighted by Gasteiger charge is -2.20. The van der Waals surface area contributed by atoms with Crippen LogP contribution in [-0.2, 0) is 6.54 Å². The molecule has 0 aromatic heterocycles. The minimum atomic E-state index is 0.695. The third-order valence-corrected chi connectivity index (χ3v) is 4.19. The molecule has 0 aliphatic carbocycles. The Balaban J connectivity index is 1.70. The first-order valence-electron chi connectivity index (χ1n) is 6.84. The van der Waals surface area contributed by atoms with Crippen LogP contribution >= 0.6 is 15.9 Å². The molecule has 2 nitrogen and oxygen atoms in total. The van der Waals surface area contributed by atoms with E-state index in [0.29, 0.717) is 6.04 Å². The molecule has 0 bridgehead atoms. The van der Waals surface area contributed by atoms with Crippen LogP contribution in [0.2, 0.25) is 0 Å². The molecule has 1 unspecified atom stereocenters. The van der Waals surface area contributed by atoms with E-state index < -0.39 is 0 Å². The van der Waals surface area contributed by atoms with Crippen LogP contribution in [0.25, 0.3) is 0 Å². The number of nitrogens with zero attached hydrogens (tertiary/aromatic N) is 1.